The molecular formula is C29H34ClNO8. The number of halogens is 1. The molecule has 0 bridgehead atoms. The van der Waals surface area contributed by atoms with E-state index in [-0.39, 0.29) is 29.6 Å². The second-order valence-electron chi connectivity index (χ2n) is 11.8. The van der Waals surface area contributed by atoms with Crippen LogP contribution in [0.2, 0.25) is 0 Å². The van der Waals surface area contributed by atoms with Crippen LogP contribution in [0.15, 0.2) is 39.8 Å². The van der Waals surface area contributed by atoms with Gasteiger partial charge in [-0.1, -0.05) is 13.8 Å². The van der Waals surface area contributed by atoms with Crippen LogP contribution in [-0.4, -0.2) is 45.7 Å². The number of pyridine rings is 1. The van der Waals surface area contributed by atoms with Gasteiger partial charge in [-0.3, -0.25) is 14.6 Å². The van der Waals surface area contributed by atoms with Crippen LogP contribution in [0, 0.1) is 22.7 Å². The van der Waals surface area contributed by atoms with E-state index in [0.29, 0.717) is 24.8 Å². The molecule has 2 aromatic heterocycles. The minimum atomic E-state index is -1.23. The zero-order chi connectivity index (χ0) is 28.3. The lowest BCUT2D eigenvalue weighted by atomic mass is 9.43. The average Bonchev–Trinajstić information content (AvgIpc) is 2.86. The molecule has 2 fully saturated rings. The number of aliphatic hydroxyl groups is 1. The summed E-state index contributed by atoms with van der Waals surface area (Å²) in [6.45, 7) is 8.60. The lowest BCUT2D eigenvalue weighted by Crippen LogP contribution is -2.70. The number of hydrogen-bond acceptors (Lipinski definition) is 9. The van der Waals surface area contributed by atoms with Gasteiger partial charge in [-0.15, -0.1) is 11.6 Å². The number of nitrogens with zero attached hydrogens (tertiary/aromatic N) is 1. The van der Waals surface area contributed by atoms with Crippen LogP contribution < -0.4 is 10.4 Å². The van der Waals surface area contributed by atoms with E-state index in [2.05, 4.69) is 11.9 Å². The standard InChI is InChI=1S/C29H34ClNO8/c1-15(32)36-14-28(4)20-12-21(30)29(5)25(27(20,3)9-8-22(28)37-16(2)33)24(34)23-19(39-29)11-18(38-26(23)35)17-7-6-10-31-13-17/h6-7,10-11,13,20-22,24-25,34H,8-9,12,14H2,1-5H3/t20?,21-,22+,24+,25?,27+,28+,29-/m1/s1. The van der Waals surface area contributed by atoms with Crippen molar-refractivity contribution < 1.29 is 33.3 Å². The van der Waals surface area contributed by atoms with Gasteiger partial charge < -0.3 is 23.7 Å². The molecule has 0 saturated heterocycles. The molecule has 0 spiro atoms. The van der Waals surface area contributed by atoms with Crippen molar-refractivity contribution in [3.63, 3.8) is 0 Å². The second-order valence-corrected chi connectivity index (χ2v) is 12.3. The van der Waals surface area contributed by atoms with Crippen LogP contribution in [0.1, 0.15) is 65.5 Å². The zero-order valence-electron chi connectivity index (χ0n) is 22.7. The van der Waals surface area contributed by atoms with E-state index < -0.39 is 57.5 Å². The largest absolute Gasteiger partial charge is 0.485 e. The summed E-state index contributed by atoms with van der Waals surface area (Å²) < 4.78 is 23.5. The number of carbonyl (C=O) groups excluding carboxylic acids is 2. The van der Waals surface area contributed by atoms with Gasteiger partial charge in [-0.05, 0) is 49.7 Å². The normalized spacial score (nSPS) is 36.9. The van der Waals surface area contributed by atoms with E-state index in [1.807, 2.05) is 13.8 Å². The summed E-state index contributed by atoms with van der Waals surface area (Å²) in [6.07, 6.45) is 2.98. The topological polar surface area (TPSA) is 125 Å². The first kappa shape index (κ1) is 27.6. The van der Waals surface area contributed by atoms with Gasteiger partial charge in [-0.25, -0.2) is 4.79 Å². The SMILES string of the molecule is CC(=O)OC[C@@]1(C)C2C[C@@H](Cl)[C@@]3(C)Oc4cc(-c5cccnc5)oc(=O)c4[C@H](O)C3[C@@]2(C)CC[C@@H]1OC(C)=O. The van der Waals surface area contributed by atoms with Crippen LogP contribution in [0.25, 0.3) is 11.3 Å². The number of hydrogen-bond donors (Lipinski definition) is 1. The monoisotopic (exact) mass is 559 g/mol. The summed E-state index contributed by atoms with van der Waals surface area (Å²) in [7, 11) is 0. The Bertz CT molecular complexity index is 1350. The minimum Gasteiger partial charge on any atom is -0.485 e. The molecule has 0 amide bonds. The van der Waals surface area contributed by atoms with E-state index >= 15 is 0 Å². The number of alkyl halides is 1. The van der Waals surface area contributed by atoms with Crippen molar-refractivity contribution in [2.24, 2.45) is 22.7 Å². The first-order chi connectivity index (χ1) is 18.3. The molecule has 1 N–H and O–H groups in total. The summed E-state index contributed by atoms with van der Waals surface area (Å²) in [6, 6.07) is 5.11. The molecule has 1 aliphatic heterocycles. The molecule has 10 heteroatoms. The Morgan fingerprint density at radius 3 is 2.62 bits per heavy atom. The Kier molecular flexibility index (Phi) is 6.82. The summed E-state index contributed by atoms with van der Waals surface area (Å²) >= 11 is 7.12. The Hall–Kier alpha value is -2.91. The maximum absolute atomic E-state index is 13.3. The quantitative estimate of drug-likeness (QED) is 0.427. The lowest BCUT2D eigenvalue weighted by Gasteiger charge is -2.66. The van der Waals surface area contributed by atoms with Crippen molar-refractivity contribution >= 4 is 23.5 Å². The third kappa shape index (κ3) is 4.34. The van der Waals surface area contributed by atoms with Gasteiger partial charge in [0.1, 0.15) is 35.4 Å². The van der Waals surface area contributed by atoms with Crippen LogP contribution >= 0.6 is 11.6 Å². The predicted octanol–water partition coefficient (Wildman–Crippen LogP) is 4.43. The van der Waals surface area contributed by atoms with E-state index in [4.69, 9.17) is 30.2 Å². The van der Waals surface area contributed by atoms with Gasteiger partial charge in [0.15, 0.2) is 0 Å². The fraction of sp³-hybridized carbons (Fsp3) is 0.586. The highest BCUT2D eigenvalue weighted by Crippen LogP contribution is 2.67. The molecule has 5 rings (SSSR count). The smallest absolute Gasteiger partial charge is 0.345 e. The summed E-state index contributed by atoms with van der Waals surface area (Å²) in [5.74, 6) is -1.17. The minimum absolute atomic E-state index is 0.0255. The number of fused-ring (bicyclic) bond motifs is 4. The summed E-state index contributed by atoms with van der Waals surface area (Å²) in [5.41, 5.74) is -2.46. The molecule has 3 heterocycles. The summed E-state index contributed by atoms with van der Waals surface area (Å²) in [5, 5.41) is 11.3. The van der Waals surface area contributed by atoms with E-state index in [9.17, 15) is 19.5 Å². The number of aliphatic hydroxyl groups excluding tert-OH is 1. The molecule has 210 valence electrons. The van der Waals surface area contributed by atoms with E-state index in [0.717, 1.165) is 0 Å². The Morgan fingerprint density at radius 2 is 1.97 bits per heavy atom. The molecular weight excluding hydrogens is 526 g/mol. The molecule has 2 saturated carbocycles. The van der Waals surface area contributed by atoms with Crippen LogP contribution in [0.4, 0.5) is 0 Å². The number of esters is 2. The Morgan fingerprint density at radius 1 is 1.23 bits per heavy atom. The second kappa shape index (κ2) is 9.63. The fourth-order valence-electron chi connectivity index (χ4n) is 7.66. The molecule has 39 heavy (non-hydrogen) atoms. The third-order valence-electron chi connectivity index (χ3n) is 9.40. The van der Waals surface area contributed by atoms with Crippen LogP contribution in [-0.2, 0) is 19.1 Å². The van der Waals surface area contributed by atoms with E-state index in [1.165, 1.54) is 13.8 Å². The highest BCUT2D eigenvalue weighted by Gasteiger charge is 2.69. The van der Waals surface area contributed by atoms with E-state index in [1.54, 1.807) is 30.6 Å². The van der Waals surface area contributed by atoms with Gasteiger partial charge in [0.05, 0.1) is 11.5 Å². The molecule has 9 nitrogen and oxygen atoms in total. The van der Waals surface area contributed by atoms with Crippen molar-refractivity contribution in [3.05, 3.63) is 46.6 Å². The lowest BCUT2D eigenvalue weighted by molar-refractivity contribution is -0.237. The van der Waals surface area contributed by atoms with Crippen molar-refractivity contribution in [2.75, 3.05) is 6.61 Å². The molecule has 2 aromatic rings. The molecule has 8 atom stereocenters. The number of ether oxygens (including phenoxy) is 3. The first-order valence-electron chi connectivity index (χ1n) is 13.2. The molecule has 3 aliphatic rings. The Labute approximate surface area is 231 Å². The maximum atomic E-state index is 13.3. The van der Waals surface area contributed by atoms with Gasteiger partial charge in [0.25, 0.3) is 0 Å². The van der Waals surface area contributed by atoms with Crippen molar-refractivity contribution in [1.82, 2.24) is 4.98 Å². The predicted molar refractivity (Wildman–Crippen MR) is 141 cm³/mol. The molecule has 2 unspecified atom stereocenters. The zero-order valence-corrected chi connectivity index (χ0v) is 23.5. The van der Waals surface area contributed by atoms with Gasteiger partial charge in [0, 0.05) is 49.2 Å². The van der Waals surface area contributed by atoms with Crippen LogP contribution in [0.3, 0.4) is 0 Å². The fourth-order valence-corrected chi connectivity index (χ4v) is 8.02. The van der Waals surface area contributed by atoms with Gasteiger partial charge in [-0.2, -0.15) is 0 Å². The van der Waals surface area contributed by atoms with Crippen molar-refractivity contribution in [3.8, 4) is 17.1 Å². The maximum Gasteiger partial charge on any atom is 0.345 e. The average molecular weight is 560 g/mol. The van der Waals surface area contributed by atoms with Crippen molar-refractivity contribution in [1.29, 1.82) is 0 Å². The summed E-state index contributed by atoms with van der Waals surface area (Å²) in [4.78, 5) is 41.2. The van der Waals surface area contributed by atoms with Crippen molar-refractivity contribution in [2.45, 2.75) is 77.1 Å². The first-order valence-corrected chi connectivity index (χ1v) is 13.6. The number of carbonyl (C=O) groups is 2. The van der Waals surface area contributed by atoms with Gasteiger partial charge in [0.2, 0.25) is 0 Å². The third-order valence-corrected chi connectivity index (χ3v) is 10.0. The molecule has 0 radical (unpaired) electrons. The van der Waals surface area contributed by atoms with Gasteiger partial charge >= 0.3 is 17.6 Å². The number of rotatable bonds is 4. The Balaban J connectivity index is 1.61. The highest BCUT2D eigenvalue weighted by molar-refractivity contribution is 6.21. The molecule has 0 aromatic carbocycles. The van der Waals surface area contributed by atoms with Crippen LogP contribution in [0.5, 0.6) is 5.75 Å². The highest BCUT2D eigenvalue weighted by atomic mass is 35.5. The number of aromatic nitrogens is 1. The molecule has 2 aliphatic carbocycles.